The summed E-state index contributed by atoms with van der Waals surface area (Å²) in [5.74, 6) is -0.0938. The molecule has 1 aromatic heterocycles. The fraction of sp³-hybridized carbons (Fsp3) is 0. The van der Waals surface area contributed by atoms with E-state index < -0.39 is 0 Å². The van der Waals surface area contributed by atoms with Gasteiger partial charge in [0.2, 0.25) is 0 Å². The monoisotopic (exact) mass is 146 g/mol. The predicted molar refractivity (Wildman–Crippen MR) is 40.1 cm³/mol. The van der Waals surface area contributed by atoms with Gasteiger partial charge < -0.3 is 5.11 Å². The lowest BCUT2D eigenvalue weighted by atomic mass is 10.2. The zero-order chi connectivity index (χ0) is 7.68. The van der Waals surface area contributed by atoms with Gasteiger partial charge in [-0.1, -0.05) is 12.1 Å². The summed E-state index contributed by atoms with van der Waals surface area (Å²) in [6.07, 6.45) is 1.21. The molecular formula is C9H6O2. The minimum atomic E-state index is -0.0938. The molecule has 0 radical (unpaired) electrons. The maximum absolute atomic E-state index is 10.8. The van der Waals surface area contributed by atoms with E-state index in [2.05, 4.69) is 0 Å². The average molecular weight is 146 g/mol. The Morgan fingerprint density at radius 1 is 1.18 bits per heavy atom. The number of benzene rings is 1. The van der Waals surface area contributed by atoms with Gasteiger partial charge in [0, 0.05) is 6.07 Å². The maximum atomic E-state index is 10.8. The van der Waals surface area contributed by atoms with Crippen LogP contribution in [0.1, 0.15) is 0 Å². The van der Waals surface area contributed by atoms with Crippen molar-refractivity contribution in [3.05, 3.63) is 36.6 Å². The predicted octanol–water partition coefficient (Wildman–Crippen LogP) is 1.79. The molecule has 0 atom stereocenters. The van der Waals surface area contributed by atoms with Gasteiger partial charge in [-0.2, -0.15) is 0 Å². The molecule has 11 heavy (non-hydrogen) atoms. The van der Waals surface area contributed by atoms with Gasteiger partial charge in [-0.25, -0.2) is 4.42 Å². The first kappa shape index (κ1) is 6.16. The van der Waals surface area contributed by atoms with Gasteiger partial charge in [-0.3, -0.25) is 0 Å². The van der Waals surface area contributed by atoms with Crippen LogP contribution in [0.2, 0.25) is 0 Å². The van der Waals surface area contributed by atoms with Crippen LogP contribution < -0.4 is 5.11 Å². The van der Waals surface area contributed by atoms with Crippen LogP contribution in [-0.4, -0.2) is 0 Å². The lowest BCUT2D eigenvalue weighted by Crippen LogP contribution is -1.87. The summed E-state index contributed by atoms with van der Waals surface area (Å²) in [6, 6.07) is 8.97. The van der Waals surface area contributed by atoms with Crippen LogP contribution in [0.5, 0.6) is 5.75 Å². The standard InChI is InChI=1S/C9H6O2/c10-8-5-7-3-1-2-4-9(7)11-6-8/h1-6H. The van der Waals surface area contributed by atoms with E-state index in [9.17, 15) is 5.11 Å². The highest BCUT2D eigenvalue weighted by Crippen LogP contribution is 2.16. The first-order valence-electron chi connectivity index (χ1n) is 3.34. The van der Waals surface area contributed by atoms with Crippen molar-refractivity contribution in [1.82, 2.24) is 0 Å². The van der Waals surface area contributed by atoms with Crippen molar-refractivity contribution in [1.29, 1.82) is 0 Å². The number of rotatable bonds is 0. The summed E-state index contributed by atoms with van der Waals surface area (Å²) in [7, 11) is 0. The lowest BCUT2D eigenvalue weighted by Gasteiger charge is -1.95. The van der Waals surface area contributed by atoms with E-state index in [1.54, 1.807) is 6.07 Å². The number of fused-ring (bicyclic) bond motifs is 1. The highest BCUT2D eigenvalue weighted by molar-refractivity contribution is 5.77. The first-order valence-corrected chi connectivity index (χ1v) is 3.34. The molecule has 0 spiro atoms. The first-order chi connectivity index (χ1) is 5.36. The maximum Gasteiger partial charge on any atom is 0.359 e. The van der Waals surface area contributed by atoms with E-state index in [1.807, 2.05) is 24.3 Å². The van der Waals surface area contributed by atoms with Crippen molar-refractivity contribution < 1.29 is 9.52 Å². The topological polar surface area (TPSA) is 34.4 Å². The highest BCUT2D eigenvalue weighted by Gasteiger charge is 2.00. The molecule has 0 unspecified atom stereocenters. The molecule has 0 amide bonds. The molecule has 1 aromatic carbocycles. The largest absolute Gasteiger partial charge is 0.867 e. The lowest BCUT2D eigenvalue weighted by molar-refractivity contribution is -0.269. The minimum absolute atomic E-state index is 0.0938. The molecule has 0 saturated carbocycles. The van der Waals surface area contributed by atoms with E-state index in [-0.39, 0.29) is 5.75 Å². The minimum Gasteiger partial charge on any atom is -0.867 e. The Morgan fingerprint density at radius 3 is 2.91 bits per heavy atom. The van der Waals surface area contributed by atoms with Gasteiger partial charge in [-0.15, -0.1) is 0 Å². The Kier molecular flexibility index (Phi) is 1.25. The van der Waals surface area contributed by atoms with Crippen LogP contribution in [0, 0.1) is 0 Å². The zero-order valence-electron chi connectivity index (χ0n) is 5.78. The molecule has 0 aliphatic rings. The van der Waals surface area contributed by atoms with Crippen molar-refractivity contribution in [2.45, 2.75) is 0 Å². The molecular weight excluding hydrogens is 140 g/mol. The fourth-order valence-corrected chi connectivity index (χ4v) is 1.02. The quantitative estimate of drug-likeness (QED) is 0.531. The summed E-state index contributed by atoms with van der Waals surface area (Å²) < 4.78 is 5.03. The molecule has 1 heterocycles. The van der Waals surface area contributed by atoms with Crippen LogP contribution >= 0.6 is 0 Å². The Balaban J connectivity index is 2.83. The van der Waals surface area contributed by atoms with Gasteiger partial charge in [0.1, 0.15) is 0 Å². The Bertz CT molecular complexity index is 382. The van der Waals surface area contributed by atoms with Crippen molar-refractivity contribution >= 4 is 11.0 Å². The van der Waals surface area contributed by atoms with Crippen LogP contribution in [0.4, 0.5) is 0 Å². The molecule has 2 heteroatoms. The third-order valence-electron chi connectivity index (χ3n) is 1.52. The van der Waals surface area contributed by atoms with Crippen LogP contribution in [0.25, 0.3) is 11.0 Å². The number of para-hydroxylation sites is 1. The second kappa shape index (κ2) is 2.23. The van der Waals surface area contributed by atoms with E-state index in [4.69, 9.17) is 4.42 Å². The van der Waals surface area contributed by atoms with E-state index in [1.165, 1.54) is 6.26 Å². The third kappa shape index (κ3) is 1.03. The summed E-state index contributed by atoms with van der Waals surface area (Å²) in [5.41, 5.74) is 0.743. The molecule has 2 aromatic rings. The number of hydrogen-bond acceptors (Lipinski definition) is 1. The Labute approximate surface area is 63.7 Å². The molecule has 0 bridgehead atoms. The van der Waals surface area contributed by atoms with Crippen LogP contribution in [0.15, 0.2) is 41.0 Å². The smallest absolute Gasteiger partial charge is 0.359 e. The Morgan fingerprint density at radius 2 is 2.00 bits per heavy atom. The molecule has 0 aliphatic carbocycles. The molecule has 0 saturated heterocycles. The second-order valence-corrected chi connectivity index (χ2v) is 2.32. The van der Waals surface area contributed by atoms with Crippen molar-refractivity contribution in [2.24, 2.45) is 0 Å². The molecule has 2 nitrogen and oxygen atoms in total. The van der Waals surface area contributed by atoms with Crippen molar-refractivity contribution in [3.63, 3.8) is 0 Å². The molecule has 0 aliphatic heterocycles. The van der Waals surface area contributed by atoms with Gasteiger partial charge in [0.25, 0.3) is 0 Å². The summed E-state index contributed by atoms with van der Waals surface area (Å²) in [5, 5.41) is 11.6. The molecule has 2 rings (SSSR count). The zero-order valence-corrected chi connectivity index (χ0v) is 5.78. The third-order valence-corrected chi connectivity index (χ3v) is 1.52. The highest BCUT2D eigenvalue weighted by atomic mass is 16.3. The SMILES string of the molecule is [O-]c1c[o+]c2ccccc2c1. The van der Waals surface area contributed by atoms with Gasteiger partial charge in [0.15, 0.2) is 0 Å². The average Bonchev–Trinajstić information content (AvgIpc) is 2.04. The summed E-state index contributed by atoms with van der Waals surface area (Å²) in [4.78, 5) is 0. The summed E-state index contributed by atoms with van der Waals surface area (Å²) in [6.45, 7) is 0. The molecule has 0 fully saturated rings. The molecule has 54 valence electrons. The number of hydrogen-bond donors (Lipinski definition) is 0. The Hall–Kier alpha value is -1.57. The van der Waals surface area contributed by atoms with E-state index in [0.717, 1.165) is 11.0 Å². The van der Waals surface area contributed by atoms with Gasteiger partial charge in [0.05, 0.1) is 5.39 Å². The van der Waals surface area contributed by atoms with Crippen LogP contribution in [-0.2, 0) is 0 Å². The van der Waals surface area contributed by atoms with E-state index in [0.29, 0.717) is 0 Å². The van der Waals surface area contributed by atoms with Gasteiger partial charge >= 0.3 is 11.8 Å². The normalized spacial score (nSPS) is 10.2. The summed E-state index contributed by atoms with van der Waals surface area (Å²) >= 11 is 0. The van der Waals surface area contributed by atoms with Gasteiger partial charge in [-0.05, 0) is 17.9 Å². The molecule has 0 N–H and O–H groups in total. The van der Waals surface area contributed by atoms with Crippen molar-refractivity contribution in [2.75, 3.05) is 0 Å². The van der Waals surface area contributed by atoms with E-state index >= 15 is 0 Å². The van der Waals surface area contributed by atoms with Crippen molar-refractivity contribution in [3.8, 4) is 5.75 Å². The fourth-order valence-electron chi connectivity index (χ4n) is 1.02. The second-order valence-electron chi connectivity index (χ2n) is 2.32. The van der Waals surface area contributed by atoms with Crippen LogP contribution in [0.3, 0.4) is 0 Å².